The van der Waals surface area contributed by atoms with Crippen molar-refractivity contribution in [1.82, 2.24) is 0 Å². The van der Waals surface area contributed by atoms with Crippen LogP contribution in [-0.2, 0) is 6.61 Å². The van der Waals surface area contributed by atoms with Crippen LogP contribution in [0.5, 0.6) is 5.75 Å². The first-order chi connectivity index (χ1) is 9.79. The maximum Gasteiger partial charge on any atom is 0.122 e. The number of aliphatic hydroxyl groups is 1. The van der Waals surface area contributed by atoms with Gasteiger partial charge in [0.2, 0.25) is 0 Å². The Hall–Kier alpha value is -2.24. The first-order valence-corrected chi connectivity index (χ1v) is 6.66. The topological polar surface area (TPSA) is 29.5 Å². The van der Waals surface area contributed by atoms with E-state index in [-0.39, 0.29) is 6.61 Å². The molecular formula is C18H18O2. The van der Waals surface area contributed by atoms with Crippen molar-refractivity contribution in [2.75, 3.05) is 6.61 Å². The predicted octanol–water partition coefficient (Wildman–Crippen LogP) is 3.31. The third-order valence-electron chi connectivity index (χ3n) is 2.88. The molecule has 2 aromatic carbocycles. The van der Waals surface area contributed by atoms with Crippen molar-refractivity contribution in [2.45, 2.75) is 20.0 Å². The van der Waals surface area contributed by atoms with E-state index >= 15 is 0 Å². The van der Waals surface area contributed by atoms with Crippen molar-refractivity contribution in [3.8, 4) is 17.6 Å². The third kappa shape index (κ3) is 4.15. The van der Waals surface area contributed by atoms with Crippen LogP contribution in [0.3, 0.4) is 0 Å². The summed E-state index contributed by atoms with van der Waals surface area (Å²) >= 11 is 0. The number of aliphatic hydroxyl groups excluding tert-OH is 1. The van der Waals surface area contributed by atoms with Gasteiger partial charge in [0.1, 0.15) is 12.4 Å². The van der Waals surface area contributed by atoms with Crippen LogP contribution in [0, 0.1) is 18.8 Å². The molecule has 0 fully saturated rings. The molecule has 20 heavy (non-hydrogen) atoms. The number of rotatable bonds is 4. The number of aryl methyl sites for hydroxylation is 1. The lowest BCUT2D eigenvalue weighted by Gasteiger charge is -2.09. The molecule has 0 aliphatic heterocycles. The molecule has 0 heterocycles. The fourth-order valence-electron chi connectivity index (χ4n) is 1.84. The second-order valence-corrected chi connectivity index (χ2v) is 4.53. The number of hydrogen-bond donors (Lipinski definition) is 1. The van der Waals surface area contributed by atoms with Gasteiger partial charge >= 0.3 is 0 Å². The van der Waals surface area contributed by atoms with Crippen LogP contribution in [0.2, 0.25) is 0 Å². The minimum Gasteiger partial charge on any atom is -0.489 e. The average molecular weight is 266 g/mol. The van der Waals surface area contributed by atoms with Crippen LogP contribution in [0.25, 0.3) is 0 Å². The van der Waals surface area contributed by atoms with Crippen LogP contribution in [0.15, 0.2) is 48.5 Å². The van der Waals surface area contributed by atoms with Gasteiger partial charge in [-0.2, -0.15) is 0 Å². The zero-order valence-corrected chi connectivity index (χ0v) is 11.6. The van der Waals surface area contributed by atoms with E-state index in [4.69, 9.17) is 9.84 Å². The van der Waals surface area contributed by atoms with Crippen molar-refractivity contribution >= 4 is 0 Å². The van der Waals surface area contributed by atoms with Gasteiger partial charge in [-0.25, -0.2) is 0 Å². The van der Waals surface area contributed by atoms with Gasteiger partial charge in [-0.15, -0.1) is 0 Å². The van der Waals surface area contributed by atoms with Gasteiger partial charge in [-0.1, -0.05) is 42.2 Å². The Balaban J connectivity index is 2.01. The summed E-state index contributed by atoms with van der Waals surface area (Å²) < 4.78 is 5.82. The van der Waals surface area contributed by atoms with E-state index in [1.807, 2.05) is 55.5 Å². The molecule has 0 saturated carbocycles. The van der Waals surface area contributed by atoms with Crippen molar-refractivity contribution < 1.29 is 9.84 Å². The fraction of sp³-hybridized carbons (Fsp3) is 0.222. The zero-order valence-electron chi connectivity index (χ0n) is 11.6. The zero-order chi connectivity index (χ0) is 14.2. The maximum absolute atomic E-state index is 8.70. The van der Waals surface area contributed by atoms with Gasteiger partial charge in [0, 0.05) is 12.0 Å². The standard InChI is InChI=1S/C18H18O2/c1-15-13-16(7-5-6-12-19)10-11-18(15)20-14-17-8-3-2-4-9-17/h2-4,8-11,13,19H,6,12,14H2,1H3. The molecule has 102 valence electrons. The van der Waals surface area contributed by atoms with Gasteiger partial charge in [0.05, 0.1) is 6.61 Å². The molecule has 2 heteroatoms. The van der Waals surface area contributed by atoms with Gasteiger partial charge in [0.25, 0.3) is 0 Å². The summed E-state index contributed by atoms with van der Waals surface area (Å²) in [6, 6.07) is 16.0. The summed E-state index contributed by atoms with van der Waals surface area (Å²) in [5, 5.41) is 8.70. The van der Waals surface area contributed by atoms with Crippen LogP contribution in [-0.4, -0.2) is 11.7 Å². The molecule has 2 rings (SSSR count). The number of ether oxygens (including phenoxy) is 1. The van der Waals surface area contributed by atoms with Crippen molar-refractivity contribution in [3.63, 3.8) is 0 Å². The van der Waals surface area contributed by atoms with Crippen LogP contribution < -0.4 is 4.74 Å². The molecule has 0 aliphatic rings. The van der Waals surface area contributed by atoms with Gasteiger partial charge in [-0.05, 0) is 36.2 Å². The average Bonchev–Trinajstić information content (AvgIpc) is 2.48. The van der Waals surface area contributed by atoms with E-state index < -0.39 is 0 Å². The summed E-state index contributed by atoms with van der Waals surface area (Å²) in [7, 11) is 0. The van der Waals surface area contributed by atoms with E-state index in [1.54, 1.807) is 0 Å². The highest BCUT2D eigenvalue weighted by molar-refractivity contribution is 5.43. The Morgan fingerprint density at radius 2 is 1.90 bits per heavy atom. The Morgan fingerprint density at radius 3 is 2.60 bits per heavy atom. The highest BCUT2D eigenvalue weighted by Crippen LogP contribution is 2.20. The molecule has 0 radical (unpaired) electrons. The van der Waals surface area contributed by atoms with Crippen molar-refractivity contribution in [3.05, 3.63) is 65.2 Å². The first kappa shape index (κ1) is 14.2. The SMILES string of the molecule is Cc1cc(C#CCCO)ccc1OCc1ccccc1. The molecule has 0 spiro atoms. The summed E-state index contributed by atoms with van der Waals surface area (Å²) in [6.45, 7) is 2.68. The van der Waals surface area contributed by atoms with E-state index in [2.05, 4.69) is 11.8 Å². The minimum atomic E-state index is 0.101. The van der Waals surface area contributed by atoms with E-state index in [0.717, 1.165) is 22.4 Å². The van der Waals surface area contributed by atoms with Crippen LogP contribution in [0.4, 0.5) is 0 Å². The molecule has 0 saturated heterocycles. The minimum absolute atomic E-state index is 0.101. The lowest BCUT2D eigenvalue weighted by molar-refractivity contribution is 0.304. The second kappa shape index (κ2) is 7.37. The third-order valence-corrected chi connectivity index (χ3v) is 2.88. The highest BCUT2D eigenvalue weighted by atomic mass is 16.5. The van der Waals surface area contributed by atoms with Crippen molar-refractivity contribution in [2.24, 2.45) is 0 Å². The molecule has 0 atom stereocenters. The lowest BCUT2D eigenvalue weighted by atomic mass is 10.1. The lowest BCUT2D eigenvalue weighted by Crippen LogP contribution is -1.97. The molecule has 0 aliphatic carbocycles. The second-order valence-electron chi connectivity index (χ2n) is 4.53. The Labute approximate surface area is 120 Å². The number of benzene rings is 2. The molecule has 1 N–H and O–H groups in total. The maximum atomic E-state index is 8.70. The van der Waals surface area contributed by atoms with Crippen LogP contribution in [0.1, 0.15) is 23.1 Å². The van der Waals surface area contributed by atoms with E-state index in [0.29, 0.717) is 13.0 Å². The van der Waals surface area contributed by atoms with E-state index in [9.17, 15) is 0 Å². The fourth-order valence-corrected chi connectivity index (χ4v) is 1.84. The number of hydrogen-bond acceptors (Lipinski definition) is 2. The van der Waals surface area contributed by atoms with Crippen molar-refractivity contribution in [1.29, 1.82) is 0 Å². The Morgan fingerprint density at radius 1 is 1.10 bits per heavy atom. The normalized spacial score (nSPS) is 9.70. The van der Waals surface area contributed by atoms with Gasteiger partial charge in [-0.3, -0.25) is 0 Å². The molecule has 0 amide bonds. The monoisotopic (exact) mass is 266 g/mol. The summed E-state index contributed by atoms with van der Waals surface area (Å²) in [5.41, 5.74) is 3.17. The predicted molar refractivity (Wildman–Crippen MR) is 80.5 cm³/mol. The molecular weight excluding hydrogens is 248 g/mol. The summed E-state index contributed by atoms with van der Waals surface area (Å²) in [6.07, 6.45) is 0.505. The first-order valence-electron chi connectivity index (χ1n) is 6.66. The quantitative estimate of drug-likeness (QED) is 0.860. The molecule has 0 bridgehead atoms. The molecule has 2 nitrogen and oxygen atoms in total. The smallest absolute Gasteiger partial charge is 0.122 e. The van der Waals surface area contributed by atoms with Gasteiger partial charge < -0.3 is 9.84 Å². The highest BCUT2D eigenvalue weighted by Gasteiger charge is 2.00. The largest absolute Gasteiger partial charge is 0.489 e. The van der Waals surface area contributed by atoms with E-state index in [1.165, 1.54) is 0 Å². The molecule has 0 aromatic heterocycles. The summed E-state index contributed by atoms with van der Waals surface area (Å²) in [4.78, 5) is 0. The summed E-state index contributed by atoms with van der Waals surface area (Å²) in [5.74, 6) is 6.81. The molecule has 2 aromatic rings. The Kier molecular flexibility index (Phi) is 5.23. The molecule has 0 unspecified atom stereocenters. The van der Waals surface area contributed by atoms with Crippen LogP contribution >= 0.6 is 0 Å². The Bertz CT molecular complexity index is 606. The van der Waals surface area contributed by atoms with Gasteiger partial charge in [0.15, 0.2) is 0 Å².